The van der Waals surface area contributed by atoms with Gasteiger partial charge in [-0.05, 0) is 48.6 Å². The second kappa shape index (κ2) is 8.23. The SMILES string of the molecule is O=C1NC(=S)N(c2ccc(Br)cc2)C(=O)[C@@H]1/C=N\Nc1ccc([N+](=O)[O-])cc1. The second-order valence-corrected chi connectivity index (χ2v) is 6.92. The van der Waals surface area contributed by atoms with Crippen molar-refractivity contribution in [3.8, 4) is 0 Å². The van der Waals surface area contributed by atoms with Crippen LogP contribution < -0.4 is 15.6 Å². The van der Waals surface area contributed by atoms with Gasteiger partial charge in [0.15, 0.2) is 11.0 Å². The third kappa shape index (κ3) is 4.21. The second-order valence-electron chi connectivity index (χ2n) is 5.62. The van der Waals surface area contributed by atoms with Crippen molar-refractivity contribution in [1.29, 1.82) is 0 Å². The molecule has 1 saturated heterocycles. The van der Waals surface area contributed by atoms with Crippen molar-refractivity contribution in [3.63, 3.8) is 0 Å². The van der Waals surface area contributed by atoms with Crippen molar-refractivity contribution >= 4 is 68.4 Å². The highest BCUT2D eigenvalue weighted by molar-refractivity contribution is 9.10. The van der Waals surface area contributed by atoms with E-state index in [9.17, 15) is 19.7 Å². The summed E-state index contributed by atoms with van der Waals surface area (Å²) < 4.78 is 0.834. The predicted octanol–water partition coefficient (Wildman–Crippen LogP) is 2.82. The molecule has 1 aliphatic rings. The summed E-state index contributed by atoms with van der Waals surface area (Å²) >= 11 is 8.43. The number of nitrogens with one attached hydrogen (secondary N) is 2. The Morgan fingerprint density at radius 1 is 1.18 bits per heavy atom. The Labute approximate surface area is 172 Å². The fraction of sp³-hybridized carbons (Fsp3) is 0.0588. The first-order valence-corrected chi connectivity index (χ1v) is 9.05. The maximum absolute atomic E-state index is 12.8. The molecule has 1 atom stereocenters. The quantitative estimate of drug-likeness (QED) is 0.232. The number of nitrogens with zero attached hydrogens (tertiary/aromatic N) is 3. The zero-order valence-corrected chi connectivity index (χ0v) is 16.4. The number of non-ortho nitro benzene ring substituents is 1. The van der Waals surface area contributed by atoms with Gasteiger partial charge in [0.25, 0.3) is 11.6 Å². The minimum absolute atomic E-state index is 0.00898. The standard InChI is InChI=1S/C17H12BrN5O4S/c18-10-1-5-12(6-2-10)22-16(25)14(15(24)20-17(22)28)9-19-21-11-3-7-13(8-4-11)23(26)27/h1-9,14,21H,(H,20,24,28)/b19-9-/t14-/m1/s1. The van der Waals surface area contributed by atoms with Crippen molar-refractivity contribution in [2.75, 3.05) is 10.3 Å². The van der Waals surface area contributed by atoms with Crippen LogP contribution in [-0.4, -0.2) is 28.1 Å². The molecule has 0 saturated carbocycles. The van der Waals surface area contributed by atoms with Gasteiger partial charge in [0, 0.05) is 22.8 Å². The molecule has 0 aromatic heterocycles. The van der Waals surface area contributed by atoms with Gasteiger partial charge in [-0.1, -0.05) is 15.9 Å². The average Bonchev–Trinajstić information content (AvgIpc) is 2.66. The first-order chi connectivity index (χ1) is 13.4. The summed E-state index contributed by atoms with van der Waals surface area (Å²) in [4.78, 5) is 36.3. The normalized spacial score (nSPS) is 17.0. The Hall–Kier alpha value is -3.18. The van der Waals surface area contributed by atoms with E-state index in [1.54, 1.807) is 24.3 Å². The fourth-order valence-electron chi connectivity index (χ4n) is 2.40. The lowest BCUT2D eigenvalue weighted by molar-refractivity contribution is -0.384. The highest BCUT2D eigenvalue weighted by atomic mass is 79.9. The number of hydrogen-bond acceptors (Lipinski definition) is 7. The Kier molecular flexibility index (Phi) is 5.76. The zero-order valence-electron chi connectivity index (χ0n) is 14.0. The van der Waals surface area contributed by atoms with Crippen LogP contribution in [-0.2, 0) is 9.59 Å². The van der Waals surface area contributed by atoms with Gasteiger partial charge < -0.3 is 5.32 Å². The minimum atomic E-state index is -1.18. The number of halogens is 1. The number of thiocarbonyl (C=S) groups is 1. The van der Waals surface area contributed by atoms with Crippen LogP contribution in [0, 0.1) is 16.0 Å². The molecule has 2 aromatic carbocycles. The van der Waals surface area contributed by atoms with Crippen LogP contribution in [0.3, 0.4) is 0 Å². The smallest absolute Gasteiger partial charge is 0.269 e. The van der Waals surface area contributed by atoms with Gasteiger partial charge in [0.05, 0.1) is 16.3 Å². The number of benzene rings is 2. The lowest BCUT2D eigenvalue weighted by atomic mass is 10.1. The molecule has 28 heavy (non-hydrogen) atoms. The van der Waals surface area contributed by atoms with E-state index in [2.05, 4.69) is 31.8 Å². The minimum Gasteiger partial charge on any atom is -0.301 e. The van der Waals surface area contributed by atoms with Crippen molar-refractivity contribution in [1.82, 2.24) is 5.32 Å². The maximum atomic E-state index is 12.8. The molecule has 0 aliphatic carbocycles. The maximum Gasteiger partial charge on any atom is 0.269 e. The molecule has 142 valence electrons. The highest BCUT2D eigenvalue weighted by Crippen LogP contribution is 2.22. The van der Waals surface area contributed by atoms with Crippen LogP contribution in [0.2, 0.25) is 0 Å². The molecule has 0 bridgehead atoms. The lowest BCUT2D eigenvalue weighted by Gasteiger charge is -2.30. The number of nitro benzene ring substituents is 1. The van der Waals surface area contributed by atoms with Gasteiger partial charge in [0.2, 0.25) is 5.91 Å². The van der Waals surface area contributed by atoms with E-state index in [1.165, 1.54) is 29.2 Å². The molecule has 0 spiro atoms. The molecule has 1 heterocycles. The molecular weight excluding hydrogens is 450 g/mol. The number of rotatable bonds is 5. The van der Waals surface area contributed by atoms with Gasteiger partial charge in [-0.25, -0.2) is 0 Å². The summed E-state index contributed by atoms with van der Waals surface area (Å²) in [6.07, 6.45) is 1.16. The number of carbonyl (C=O) groups excluding carboxylic acids is 2. The van der Waals surface area contributed by atoms with E-state index in [4.69, 9.17) is 12.2 Å². The monoisotopic (exact) mass is 461 g/mol. The molecular formula is C17H12BrN5O4S. The fourth-order valence-corrected chi connectivity index (χ4v) is 2.96. The molecule has 9 nitrogen and oxygen atoms in total. The number of hydrogen-bond donors (Lipinski definition) is 2. The lowest BCUT2D eigenvalue weighted by Crippen LogP contribution is -2.58. The summed E-state index contributed by atoms with van der Waals surface area (Å²) in [6.45, 7) is 0. The number of nitro groups is 1. The van der Waals surface area contributed by atoms with Crippen LogP contribution in [0.25, 0.3) is 0 Å². The van der Waals surface area contributed by atoms with Gasteiger partial charge in [-0.2, -0.15) is 5.10 Å². The van der Waals surface area contributed by atoms with E-state index in [0.29, 0.717) is 11.4 Å². The number of carbonyl (C=O) groups is 2. The van der Waals surface area contributed by atoms with Crippen LogP contribution in [0.4, 0.5) is 17.1 Å². The highest BCUT2D eigenvalue weighted by Gasteiger charge is 2.38. The first kappa shape index (κ1) is 19.6. The Morgan fingerprint density at radius 3 is 2.43 bits per heavy atom. The zero-order chi connectivity index (χ0) is 20.3. The molecule has 1 fully saturated rings. The Balaban J connectivity index is 1.74. The molecule has 3 rings (SSSR count). The van der Waals surface area contributed by atoms with E-state index < -0.39 is 22.7 Å². The first-order valence-electron chi connectivity index (χ1n) is 7.85. The topological polar surface area (TPSA) is 117 Å². The summed E-state index contributed by atoms with van der Waals surface area (Å²) in [5.74, 6) is -2.30. The third-order valence-corrected chi connectivity index (χ3v) is 4.60. The molecule has 1 aliphatic heterocycles. The number of amides is 2. The van der Waals surface area contributed by atoms with Crippen LogP contribution in [0.1, 0.15) is 0 Å². The van der Waals surface area contributed by atoms with Gasteiger partial charge in [-0.15, -0.1) is 0 Å². The van der Waals surface area contributed by atoms with Crippen molar-refractivity contribution in [2.24, 2.45) is 11.0 Å². The molecule has 2 N–H and O–H groups in total. The third-order valence-electron chi connectivity index (χ3n) is 3.78. The molecule has 2 aromatic rings. The summed E-state index contributed by atoms with van der Waals surface area (Å²) in [7, 11) is 0. The van der Waals surface area contributed by atoms with Gasteiger partial charge in [-0.3, -0.25) is 30.0 Å². The van der Waals surface area contributed by atoms with Crippen LogP contribution >= 0.6 is 28.1 Å². The number of anilines is 2. The van der Waals surface area contributed by atoms with Crippen molar-refractivity contribution in [3.05, 3.63) is 63.1 Å². The Morgan fingerprint density at radius 2 is 1.82 bits per heavy atom. The van der Waals surface area contributed by atoms with Crippen molar-refractivity contribution < 1.29 is 14.5 Å². The summed E-state index contributed by atoms with van der Waals surface area (Å²) in [6, 6.07) is 12.4. The van der Waals surface area contributed by atoms with Crippen molar-refractivity contribution in [2.45, 2.75) is 0 Å². The summed E-state index contributed by atoms with van der Waals surface area (Å²) in [5.41, 5.74) is 3.55. The van der Waals surface area contributed by atoms with Crippen LogP contribution in [0.15, 0.2) is 58.1 Å². The summed E-state index contributed by atoms with van der Waals surface area (Å²) in [5, 5.41) is 17.0. The van der Waals surface area contributed by atoms with Gasteiger partial charge >= 0.3 is 0 Å². The Bertz CT molecular complexity index is 978. The number of hydrazone groups is 1. The predicted molar refractivity (Wildman–Crippen MR) is 111 cm³/mol. The largest absolute Gasteiger partial charge is 0.301 e. The molecule has 2 amide bonds. The molecule has 11 heteroatoms. The van der Waals surface area contributed by atoms with E-state index in [1.807, 2.05) is 0 Å². The van der Waals surface area contributed by atoms with Gasteiger partial charge in [0.1, 0.15) is 0 Å². The average molecular weight is 462 g/mol. The van der Waals surface area contributed by atoms with E-state index in [-0.39, 0.29) is 10.8 Å². The van der Waals surface area contributed by atoms with E-state index >= 15 is 0 Å². The molecule has 0 radical (unpaired) electrons. The molecule has 0 unspecified atom stereocenters. The van der Waals surface area contributed by atoms with Crippen LogP contribution in [0.5, 0.6) is 0 Å². The van der Waals surface area contributed by atoms with E-state index in [0.717, 1.165) is 10.7 Å².